The van der Waals surface area contributed by atoms with E-state index < -0.39 is 0 Å². The van der Waals surface area contributed by atoms with Gasteiger partial charge < -0.3 is 14.8 Å². The Bertz CT molecular complexity index is 726. The SMILES string of the molecule is Cc1n[nH]c(C)c1CCNC(=O)CCSc1ccc2c(c1)OCCO2. The van der Waals surface area contributed by atoms with Crippen molar-refractivity contribution in [1.82, 2.24) is 15.5 Å². The molecule has 1 amide bonds. The Hall–Kier alpha value is -2.15. The van der Waals surface area contributed by atoms with Crippen LogP contribution in [0.3, 0.4) is 0 Å². The number of rotatable bonds is 7. The van der Waals surface area contributed by atoms with Gasteiger partial charge in [-0.3, -0.25) is 9.89 Å². The van der Waals surface area contributed by atoms with Crippen molar-refractivity contribution >= 4 is 17.7 Å². The second-order valence-corrected chi connectivity index (χ2v) is 7.08. The molecule has 134 valence electrons. The van der Waals surface area contributed by atoms with Crippen LogP contribution in [0, 0.1) is 13.8 Å². The summed E-state index contributed by atoms with van der Waals surface area (Å²) in [7, 11) is 0. The number of H-pyrrole nitrogens is 1. The fraction of sp³-hybridized carbons (Fsp3) is 0.444. The molecule has 2 aromatic rings. The van der Waals surface area contributed by atoms with Gasteiger partial charge in [0.25, 0.3) is 0 Å². The van der Waals surface area contributed by atoms with Crippen molar-refractivity contribution in [1.29, 1.82) is 0 Å². The Labute approximate surface area is 151 Å². The molecule has 0 atom stereocenters. The number of carbonyl (C=O) groups excluding carboxylic acids is 1. The van der Waals surface area contributed by atoms with Crippen molar-refractivity contribution in [3.63, 3.8) is 0 Å². The second kappa shape index (κ2) is 8.29. The molecule has 0 radical (unpaired) electrons. The molecule has 1 aromatic heterocycles. The molecule has 7 heteroatoms. The van der Waals surface area contributed by atoms with Gasteiger partial charge in [-0.1, -0.05) is 0 Å². The molecule has 0 aliphatic carbocycles. The first kappa shape index (κ1) is 17.7. The van der Waals surface area contributed by atoms with Gasteiger partial charge in [-0.15, -0.1) is 11.8 Å². The number of ether oxygens (including phenoxy) is 2. The zero-order valence-electron chi connectivity index (χ0n) is 14.6. The molecule has 0 bridgehead atoms. The highest BCUT2D eigenvalue weighted by Crippen LogP contribution is 2.34. The van der Waals surface area contributed by atoms with E-state index in [0.29, 0.717) is 26.2 Å². The monoisotopic (exact) mass is 361 g/mol. The van der Waals surface area contributed by atoms with Crippen molar-refractivity contribution in [2.75, 3.05) is 25.5 Å². The van der Waals surface area contributed by atoms with Gasteiger partial charge in [-0.05, 0) is 44.0 Å². The number of nitrogens with zero attached hydrogens (tertiary/aromatic N) is 1. The molecule has 1 aromatic carbocycles. The van der Waals surface area contributed by atoms with E-state index in [2.05, 4.69) is 15.5 Å². The van der Waals surface area contributed by atoms with E-state index in [0.717, 1.165) is 40.0 Å². The van der Waals surface area contributed by atoms with E-state index in [1.54, 1.807) is 11.8 Å². The third kappa shape index (κ3) is 4.69. The lowest BCUT2D eigenvalue weighted by molar-refractivity contribution is -0.120. The summed E-state index contributed by atoms with van der Waals surface area (Å²) in [6, 6.07) is 5.90. The maximum absolute atomic E-state index is 12.0. The molecule has 1 aliphatic heterocycles. The van der Waals surface area contributed by atoms with Gasteiger partial charge in [0.05, 0.1) is 5.69 Å². The standard InChI is InChI=1S/C18H23N3O3S/c1-12-15(13(2)21-20-12)5-7-19-18(22)6-10-25-14-3-4-16-17(11-14)24-9-8-23-16/h3-4,11H,5-10H2,1-2H3,(H,19,22)(H,20,21). The normalized spacial score (nSPS) is 12.9. The summed E-state index contributed by atoms with van der Waals surface area (Å²) < 4.78 is 11.1. The highest BCUT2D eigenvalue weighted by Gasteiger charge is 2.12. The Morgan fingerprint density at radius 2 is 2.08 bits per heavy atom. The molecule has 0 saturated carbocycles. The Morgan fingerprint density at radius 3 is 2.84 bits per heavy atom. The van der Waals surface area contributed by atoms with E-state index in [1.165, 1.54) is 5.56 Å². The number of benzene rings is 1. The van der Waals surface area contributed by atoms with Crippen LogP contribution < -0.4 is 14.8 Å². The van der Waals surface area contributed by atoms with Gasteiger partial charge in [0.15, 0.2) is 11.5 Å². The molecular formula is C18H23N3O3S. The minimum absolute atomic E-state index is 0.0730. The zero-order valence-corrected chi connectivity index (χ0v) is 15.4. The molecule has 0 fully saturated rings. The third-order valence-corrected chi connectivity index (χ3v) is 5.08. The van der Waals surface area contributed by atoms with Crippen molar-refractivity contribution in [2.24, 2.45) is 0 Å². The second-order valence-electron chi connectivity index (χ2n) is 5.92. The molecule has 3 rings (SSSR count). The fourth-order valence-electron chi connectivity index (χ4n) is 2.73. The lowest BCUT2D eigenvalue weighted by Crippen LogP contribution is -2.26. The molecule has 0 spiro atoms. The Kier molecular flexibility index (Phi) is 5.86. The number of hydrogen-bond acceptors (Lipinski definition) is 5. The number of amides is 1. The summed E-state index contributed by atoms with van der Waals surface area (Å²) in [4.78, 5) is 13.1. The minimum Gasteiger partial charge on any atom is -0.486 e. The van der Waals surface area contributed by atoms with Crippen LogP contribution in [0.4, 0.5) is 0 Å². The van der Waals surface area contributed by atoms with Crippen molar-refractivity contribution in [3.05, 3.63) is 35.2 Å². The number of aromatic nitrogens is 2. The zero-order chi connectivity index (χ0) is 17.6. The van der Waals surface area contributed by atoms with E-state index in [4.69, 9.17) is 9.47 Å². The molecule has 2 heterocycles. The predicted octanol–water partition coefficient (Wildman–Crippen LogP) is 2.64. The van der Waals surface area contributed by atoms with Crippen LogP contribution >= 0.6 is 11.8 Å². The highest BCUT2D eigenvalue weighted by atomic mass is 32.2. The van der Waals surface area contributed by atoms with Crippen LogP contribution in [0.25, 0.3) is 0 Å². The number of fused-ring (bicyclic) bond motifs is 1. The first-order valence-electron chi connectivity index (χ1n) is 8.43. The third-order valence-electron chi connectivity index (χ3n) is 4.09. The van der Waals surface area contributed by atoms with Crippen molar-refractivity contribution < 1.29 is 14.3 Å². The highest BCUT2D eigenvalue weighted by molar-refractivity contribution is 7.99. The maximum Gasteiger partial charge on any atom is 0.220 e. The summed E-state index contributed by atoms with van der Waals surface area (Å²) in [5.74, 6) is 2.38. The van der Waals surface area contributed by atoms with Crippen LogP contribution in [-0.2, 0) is 11.2 Å². The van der Waals surface area contributed by atoms with Crippen LogP contribution in [0.5, 0.6) is 11.5 Å². The summed E-state index contributed by atoms with van der Waals surface area (Å²) in [6.45, 7) is 5.79. The molecule has 0 unspecified atom stereocenters. The maximum atomic E-state index is 12.0. The first-order valence-corrected chi connectivity index (χ1v) is 9.41. The van der Waals surface area contributed by atoms with E-state index in [1.807, 2.05) is 32.0 Å². The minimum atomic E-state index is 0.0730. The van der Waals surface area contributed by atoms with Crippen molar-refractivity contribution in [3.8, 4) is 11.5 Å². The Morgan fingerprint density at radius 1 is 1.28 bits per heavy atom. The van der Waals surface area contributed by atoms with Crippen LogP contribution in [0.15, 0.2) is 23.1 Å². The summed E-state index contributed by atoms with van der Waals surface area (Å²) >= 11 is 1.65. The van der Waals surface area contributed by atoms with E-state index in [-0.39, 0.29) is 5.91 Å². The Balaban J connectivity index is 1.38. The molecular weight excluding hydrogens is 338 g/mol. The molecule has 2 N–H and O–H groups in total. The van der Waals surface area contributed by atoms with Crippen LogP contribution in [0.2, 0.25) is 0 Å². The van der Waals surface area contributed by atoms with Crippen molar-refractivity contribution in [2.45, 2.75) is 31.6 Å². The number of aryl methyl sites for hydroxylation is 2. The van der Waals surface area contributed by atoms with Gasteiger partial charge in [0.1, 0.15) is 13.2 Å². The van der Waals surface area contributed by atoms with Gasteiger partial charge in [-0.25, -0.2) is 0 Å². The largest absolute Gasteiger partial charge is 0.486 e. The van der Waals surface area contributed by atoms with Gasteiger partial charge in [0.2, 0.25) is 5.91 Å². The van der Waals surface area contributed by atoms with E-state index >= 15 is 0 Å². The summed E-state index contributed by atoms with van der Waals surface area (Å²) in [5.41, 5.74) is 3.26. The van der Waals surface area contributed by atoms with Crippen LogP contribution in [-0.4, -0.2) is 41.6 Å². The van der Waals surface area contributed by atoms with Crippen LogP contribution in [0.1, 0.15) is 23.4 Å². The molecule has 6 nitrogen and oxygen atoms in total. The number of thioether (sulfide) groups is 1. The average molecular weight is 361 g/mol. The average Bonchev–Trinajstić information content (AvgIpc) is 2.93. The number of hydrogen-bond donors (Lipinski definition) is 2. The quantitative estimate of drug-likeness (QED) is 0.742. The van der Waals surface area contributed by atoms with E-state index in [9.17, 15) is 4.79 Å². The molecule has 0 saturated heterocycles. The number of carbonyl (C=O) groups is 1. The van der Waals surface area contributed by atoms with Gasteiger partial charge >= 0.3 is 0 Å². The summed E-state index contributed by atoms with van der Waals surface area (Å²) in [5, 5.41) is 10.1. The smallest absolute Gasteiger partial charge is 0.220 e. The molecule has 1 aliphatic rings. The number of aromatic amines is 1. The fourth-order valence-corrected chi connectivity index (χ4v) is 3.61. The van der Waals surface area contributed by atoms with Gasteiger partial charge in [0, 0.05) is 29.3 Å². The lowest BCUT2D eigenvalue weighted by Gasteiger charge is -2.18. The molecule has 25 heavy (non-hydrogen) atoms. The number of nitrogens with one attached hydrogen (secondary N) is 2. The summed E-state index contributed by atoms with van der Waals surface area (Å²) in [6.07, 6.45) is 1.29. The lowest BCUT2D eigenvalue weighted by atomic mass is 10.1. The van der Waals surface area contributed by atoms with Gasteiger partial charge in [-0.2, -0.15) is 5.10 Å². The topological polar surface area (TPSA) is 76.2 Å². The first-order chi connectivity index (χ1) is 12.1. The predicted molar refractivity (Wildman–Crippen MR) is 97.5 cm³/mol.